The highest BCUT2D eigenvalue weighted by atomic mass is 35.5. The predicted molar refractivity (Wildman–Crippen MR) is 105 cm³/mol. The highest BCUT2D eigenvalue weighted by Gasteiger charge is 2.28. The van der Waals surface area contributed by atoms with Crippen molar-refractivity contribution < 1.29 is 0 Å². The van der Waals surface area contributed by atoms with Crippen LogP contribution >= 0.6 is 49.0 Å². The number of thiol groups is 1. The minimum Gasteiger partial charge on any atom is -0.298 e. The second-order valence-electron chi connectivity index (χ2n) is 5.83. The van der Waals surface area contributed by atoms with Crippen molar-refractivity contribution in [3.8, 4) is 0 Å². The summed E-state index contributed by atoms with van der Waals surface area (Å²) in [5.74, 6) is 0.978. The Labute approximate surface area is 157 Å². The van der Waals surface area contributed by atoms with Gasteiger partial charge in [-0.3, -0.25) is 9.80 Å². The van der Waals surface area contributed by atoms with Crippen molar-refractivity contribution in [2.45, 2.75) is 38.9 Å². The highest BCUT2D eigenvalue weighted by Crippen LogP contribution is 2.19. The molecule has 1 aromatic rings. The van der Waals surface area contributed by atoms with Crippen LogP contribution in [0.2, 0.25) is 5.02 Å². The standard InChI is InChI=1S/C16H25ClN2S.2ClH/c1-13-11-19(12-15-4-6-16(17)7-5-15)14(2)10-18(13)8-3-9-20;;/h4-7,13-14,20H,3,8-12H2,1-2H3;2*1H. The lowest BCUT2D eigenvalue weighted by molar-refractivity contribution is 0.0380. The van der Waals surface area contributed by atoms with E-state index in [9.17, 15) is 0 Å². The van der Waals surface area contributed by atoms with Gasteiger partial charge in [0.05, 0.1) is 0 Å². The number of halogens is 3. The zero-order valence-corrected chi connectivity index (χ0v) is 16.5. The van der Waals surface area contributed by atoms with E-state index in [0.717, 1.165) is 30.4 Å². The summed E-state index contributed by atoms with van der Waals surface area (Å²) in [6, 6.07) is 9.45. The van der Waals surface area contributed by atoms with E-state index >= 15 is 0 Å². The molecule has 0 amide bonds. The first-order chi connectivity index (χ1) is 9.60. The Bertz CT molecular complexity index is 416. The van der Waals surface area contributed by atoms with Gasteiger partial charge in [0.15, 0.2) is 0 Å². The second-order valence-corrected chi connectivity index (χ2v) is 6.71. The van der Waals surface area contributed by atoms with E-state index in [4.69, 9.17) is 11.6 Å². The average molecular weight is 386 g/mol. The molecule has 1 saturated heterocycles. The topological polar surface area (TPSA) is 6.48 Å². The first-order valence-corrected chi connectivity index (χ1v) is 8.44. The van der Waals surface area contributed by atoms with Crippen molar-refractivity contribution >= 4 is 49.0 Å². The van der Waals surface area contributed by atoms with Crippen LogP contribution < -0.4 is 0 Å². The maximum atomic E-state index is 5.95. The van der Waals surface area contributed by atoms with Gasteiger partial charge >= 0.3 is 0 Å². The summed E-state index contributed by atoms with van der Waals surface area (Å²) in [5.41, 5.74) is 1.34. The van der Waals surface area contributed by atoms with Crippen molar-refractivity contribution in [2.24, 2.45) is 0 Å². The number of piperazine rings is 1. The number of hydrogen-bond acceptors (Lipinski definition) is 3. The van der Waals surface area contributed by atoms with Crippen LogP contribution in [0.5, 0.6) is 0 Å². The van der Waals surface area contributed by atoms with Gasteiger partial charge in [-0.15, -0.1) is 24.8 Å². The maximum Gasteiger partial charge on any atom is 0.0406 e. The van der Waals surface area contributed by atoms with Crippen LogP contribution in [0, 0.1) is 0 Å². The van der Waals surface area contributed by atoms with Crippen LogP contribution in [-0.4, -0.2) is 47.3 Å². The van der Waals surface area contributed by atoms with Gasteiger partial charge in [0, 0.05) is 36.7 Å². The van der Waals surface area contributed by atoms with Crippen molar-refractivity contribution in [2.75, 3.05) is 25.4 Å². The number of nitrogens with zero attached hydrogens (tertiary/aromatic N) is 2. The molecule has 0 saturated carbocycles. The fourth-order valence-corrected chi connectivity index (χ4v) is 3.17. The fraction of sp³-hybridized carbons (Fsp3) is 0.625. The summed E-state index contributed by atoms with van der Waals surface area (Å²) in [5, 5.41) is 0.812. The zero-order chi connectivity index (χ0) is 14.5. The van der Waals surface area contributed by atoms with E-state index in [-0.39, 0.29) is 24.8 Å². The lowest BCUT2D eigenvalue weighted by Gasteiger charge is -2.44. The quantitative estimate of drug-likeness (QED) is 0.751. The summed E-state index contributed by atoms with van der Waals surface area (Å²) < 4.78 is 0. The van der Waals surface area contributed by atoms with Gasteiger partial charge in [0.25, 0.3) is 0 Å². The summed E-state index contributed by atoms with van der Waals surface area (Å²) >= 11 is 10.3. The van der Waals surface area contributed by atoms with Crippen molar-refractivity contribution in [3.63, 3.8) is 0 Å². The molecule has 1 aliphatic heterocycles. The Morgan fingerprint density at radius 2 is 1.59 bits per heavy atom. The molecule has 128 valence electrons. The van der Waals surface area contributed by atoms with E-state index in [1.54, 1.807) is 0 Å². The Balaban J connectivity index is 0.00000220. The second kappa shape index (κ2) is 11.0. The lowest BCUT2D eigenvalue weighted by atomic mass is 10.1. The van der Waals surface area contributed by atoms with Gasteiger partial charge in [-0.1, -0.05) is 23.7 Å². The fourth-order valence-electron chi connectivity index (χ4n) is 2.90. The molecule has 0 N–H and O–H groups in total. The molecular weight excluding hydrogens is 359 g/mol. The Kier molecular flexibility index (Phi) is 11.2. The molecule has 1 aliphatic rings. The molecule has 2 nitrogen and oxygen atoms in total. The summed E-state index contributed by atoms with van der Waals surface area (Å²) in [7, 11) is 0. The molecular formula is C16H27Cl3N2S. The molecule has 22 heavy (non-hydrogen) atoms. The molecule has 1 heterocycles. The molecule has 0 bridgehead atoms. The number of rotatable bonds is 5. The molecule has 0 spiro atoms. The highest BCUT2D eigenvalue weighted by molar-refractivity contribution is 7.80. The van der Waals surface area contributed by atoms with Crippen molar-refractivity contribution in [1.29, 1.82) is 0 Å². The van der Waals surface area contributed by atoms with Crippen LogP contribution in [0.4, 0.5) is 0 Å². The number of hydrogen-bond donors (Lipinski definition) is 1. The smallest absolute Gasteiger partial charge is 0.0406 e. The minimum atomic E-state index is 0. The molecule has 6 heteroatoms. The maximum absolute atomic E-state index is 5.95. The van der Waals surface area contributed by atoms with E-state index in [0.29, 0.717) is 12.1 Å². The van der Waals surface area contributed by atoms with Gasteiger partial charge in [0.2, 0.25) is 0 Å². The Morgan fingerprint density at radius 3 is 2.18 bits per heavy atom. The SMILES string of the molecule is CC1CN(Cc2ccc(Cl)cc2)C(C)CN1CCCS.Cl.Cl. The first-order valence-electron chi connectivity index (χ1n) is 7.43. The normalized spacial score (nSPS) is 22.7. The van der Waals surface area contributed by atoms with Gasteiger partial charge in [-0.25, -0.2) is 0 Å². The van der Waals surface area contributed by atoms with Gasteiger partial charge in [-0.2, -0.15) is 12.6 Å². The Morgan fingerprint density at radius 1 is 1.05 bits per heavy atom. The zero-order valence-electron chi connectivity index (χ0n) is 13.2. The largest absolute Gasteiger partial charge is 0.298 e. The number of benzene rings is 1. The van der Waals surface area contributed by atoms with Crippen LogP contribution in [0.1, 0.15) is 25.8 Å². The molecule has 1 aromatic carbocycles. The van der Waals surface area contributed by atoms with Gasteiger partial charge < -0.3 is 0 Å². The van der Waals surface area contributed by atoms with E-state index in [1.807, 2.05) is 12.1 Å². The van der Waals surface area contributed by atoms with Crippen LogP contribution in [-0.2, 0) is 6.54 Å². The molecule has 2 atom stereocenters. The van der Waals surface area contributed by atoms with Crippen LogP contribution in [0.15, 0.2) is 24.3 Å². The minimum absolute atomic E-state index is 0. The first kappa shape index (κ1) is 22.4. The van der Waals surface area contributed by atoms with Crippen molar-refractivity contribution in [1.82, 2.24) is 9.80 Å². The molecule has 1 fully saturated rings. The van der Waals surface area contributed by atoms with Crippen molar-refractivity contribution in [3.05, 3.63) is 34.9 Å². The van der Waals surface area contributed by atoms with E-state index < -0.39 is 0 Å². The molecule has 2 rings (SSSR count). The molecule has 0 aliphatic carbocycles. The van der Waals surface area contributed by atoms with Gasteiger partial charge in [0.1, 0.15) is 0 Å². The average Bonchev–Trinajstić information content (AvgIpc) is 2.43. The van der Waals surface area contributed by atoms with Crippen LogP contribution in [0.25, 0.3) is 0 Å². The van der Waals surface area contributed by atoms with Gasteiger partial charge in [-0.05, 0) is 50.3 Å². The van der Waals surface area contributed by atoms with E-state index in [1.165, 1.54) is 18.5 Å². The lowest BCUT2D eigenvalue weighted by Crippen LogP contribution is -2.56. The van der Waals surface area contributed by atoms with Crippen LogP contribution in [0.3, 0.4) is 0 Å². The summed E-state index contributed by atoms with van der Waals surface area (Å²) in [6.07, 6.45) is 1.18. The predicted octanol–water partition coefficient (Wildman–Crippen LogP) is 4.40. The molecule has 0 aromatic heterocycles. The monoisotopic (exact) mass is 384 g/mol. The summed E-state index contributed by atoms with van der Waals surface area (Å²) in [4.78, 5) is 5.17. The third-order valence-corrected chi connectivity index (χ3v) is 4.71. The molecule has 0 radical (unpaired) electrons. The molecule has 2 unspecified atom stereocenters. The van der Waals surface area contributed by atoms with E-state index in [2.05, 4.69) is 48.4 Å². The third kappa shape index (κ3) is 6.46. The summed E-state index contributed by atoms with van der Waals surface area (Å²) in [6.45, 7) is 9.14. The Hall–Kier alpha value is 0.360. The third-order valence-electron chi connectivity index (χ3n) is 4.15.